The van der Waals surface area contributed by atoms with Crippen LogP contribution in [-0.4, -0.2) is 191 Å². The summed E-state index contributed by atoms with van der Waals surface area (Å²) < 4.78 is 27.2. The zero-order chi connectivity index (χ0) is 34.7. The molecule has 46 heavy (non-hydrogen) atoms. The molecule has 0 unspecified atom stereocenters. The lowest BCUT2D eigenvalue weighted by molar-refractivity contribution is -0.358. The van der Waals surface area contributed by atoms with E-state index in [0.717, 1.165) is 13.8 Å². The van der Waals surface area contributed by atoms with E-state index in [1.54, 1.807) is 0 Å². The maximum absolute atomic E-state index is 12.4. The summed E-state index contributed by atoms with van der Waals surface area (Å²) in [6.07, 6.45) is -24.9. The zero-order valence-corrected chi connectivity index (χ0v) is 24.7. The minimum absolute atomic E-state index is 0.677. The van der Waals surface area contributed by atoms with E-state index >= 15 is 0 Å². The highest BCUT2D eigenvalue weighted by atomic mass is 16.8. The van der Waals surface area contributed by atoms with Crippen LogP contribution in [0.3, 0.4) is 0 Å². The Kier molecular flexibility index (Phi) is 13.1. The Balaban J connectivity index is 1.83. The molecule has 3 saturated heterocycles. The topological polar surface area (TPSA) is 344 Å². The van der Waals surface area contributed by atoms with Crippen LogP contribution in [0.25, 0.3) is 0 Å². The third-order valence-corrected chi connectivity index (χ3v) is 7.87. The number of carboxylic acids is 1. The molecule has 13 N–H and O–H groups in total. The lowest BCUT2D eigenvalue weighted by atomic mass is 9.88. The van der Waals surface area contributed by atoms with Gasteiger partial charge in [-0.1, -0.05) is 0 Å². The van der Waals surface area contributed by atoms with Gasteiger partial charge in [-0.2, -0.15) is 0 Å². The molecule has 0 aliphatic carbocycles. The maximum atomic E-state index is 12.4. The third kappa shape index (κ3) is 8.26. The number of hydrogen-bond donors (Lipinski definition) is 13. The summed E-state index contributed by atoms with van der Waals surface area (Å²) in [7, 11) is 0. The zero-order valence-electron chi connectivity index (χ0n) is 24.7. The van der Waals surface area contributed by atoms with E-state index in [4.69, 9.17) is 23.7 Å². The molecule has 0 radical (unpaired) electrons. The fourth-order valence-electron chi connectivity index (χ4n) is 5.46. The number of amides is 2. The average Bonchev–Trinajstić information content (AvgIpc) is 2.99. The van der Waals surface area contributed by atoms with Crippen molar-refractivity contribution in [3.8, 4) is 0 Å². The summed E-state index contributed by atoms with van der Waals surface area (Å²) in [6, 6.07) is -2.96. The third-order valence-electron chi connectivity index (χ3n) is 7.87. The summed E-state index contributed by atoms with van der Waals surface area (Å²) in [5.41, 5.74) is 0. The molecular formula is C25H42N2O19. The smallest absolute Gasteiger partial charge is 0.364 e. The fraction of sp³-hybridized carbons (Fsp3) is 0.880. The van der Waals surface area contributed by atoms with Crippen molar-refractivity contribution >= 4 is 17.8 Å². The van der Waals surface area contributed by atoms with Crippen LogP contribution in [-0.2, 0) is 38.1 Å². The molecule has 3 heterocycles. The first-order chi connectivity index (χ1) is 21.5. The monoisotopic (exact) mass is 674 g/mol. The number of aliphatic hydroxyl groups excluding tert-OH is 10. The largest absolute Gasteiger partial charge is 0.477 e. The van der Waals surface area contributed by atoms with Gasteiger partial charge in [0.15, 0.2) is 12.6 Å². The number of nitrogens with one attached hydrogen (secondary N) is 2. The fourth-order valence-corrected chi connectivity index (χ4v) is 5.46. The number of carboxylic acid groups (broad SMARTS) is 1. The predicted molar refractivity (Wildman–Crippen MR) is 142 cm³/mol. The molecule has 0 aromatic heterocycles. The van der Waals surface area contributed by atoms with Gasteiger partial charge in [-0.3, -0.25) is 9.59 Å². The first-order valence-corrected chi connectivity index (χ1v) is 14.2. The quantitative estimate of drug-likeness (QED) is 0.0913. The van der Waals surface area contributed by atoms with Crippen LogP contribution in [0.2, 0.25) is 0 Å². The number of aliphatic hydroxyl groups is 10. The molecule has 21 nitrogen and oxygen atoms in total. The normalized spacial score (nSPS) is 42.9. The molecule has 2 amide bonds. The van der Waals surface area contributed by atoms with Crippen molar-refractivity contribution in [1.82, 2.24) is 10.6 Å². The summed E-state index contributed by atoms with van der Waals surface area (Å²) in [6.45, 7) is -0.695. The van der Waals surface area contributed by atoms with Crippen LogP contribution in [0.4, 0.5) is 0 Å². The SMILES string of the molecule is CC(=O)N[C@@H]1[C@@H](O)[C@H](O[C@@H]2O[C@H](CO[C@@]3(C(=O)O)C[C@H](O)[C@@H](NC(C)=O)[C@H]([C@H](O)[C@H](O)CO)O3)[C@H](O)[C@H](O)[C@H]2O)[C@@H](CO)O[C@H]1O. The van der Waals surface area contributed by atoms with E-state index in [2.05, 4.69) is 10.6 Å². The van der Waals surface area contributed by atoms with Crippen LogP contribution in [0, 0.1) is 0 Å². The first-order valence-electron chi connectivity index (χ1n) is 14.2. The second-order valence-electron chi connectivity index (χ2n) is 11.3. The maximum Gasteiger partial charge on any atom is 0.364 e. The van der Waals surface area contributed by atoms with Crippen molar-refractivity contribution < 1.29 is 94.2 Å². The Morgan fingerprint density at radius 3 is 2.02 bits per heavy atom. The lowest BCUT2D eigenvalue weighted by Crippen LogP contribution is -2.69. The van der Waals surface area contributed by atoms with Crippen molar-refractivity contribution in [2.45, 2.75) is 118 Å². The highest BCUT2D eigenvalue weighted by molar-refractivity contribution is 5.76. The van der Waals surface area contributed by atoms with Gasteiger partial charge >= 0.3 is 5.97 Å². The van der Waals surface area contributed by atoms with Crippen LogP contribution in [0.5, 0.6) is 0 Å². The van der Waals surface area contributed by atoms with Gasteiger partial charge in [0.05, 0.1) is 32.0 Å². The van der Waals surface area contributed by atoms with Crippen LogP contribution in [0.1, 0.15) is 20.3 Å². The highest BCUT2D eigenvalue weighted by Crippen LogP contribution is 2.35. The molecule has 0 spiro atoms. The van der Waals surface area contributed by atoms with Crippen LogP contribution >= 0.6 is 0 Å². The van der Waals surface area contributed by atoms with Crippen molar-refractivity contribution in [3.63, 3.8) is 0 Å². The van der Waals surface area contributed by atoms with E-state index in [0.29, 0.717) is 0 Å². The number of ether oxygens (including phenoxy) is 5. The summed E-state index contributed by atoms with van der Waals surface area (Å²) in [5.74, 6) is -6.12. The van der Waals surface area contributed by atoms with Crippen molar-refractivity contribution in [2.75, 3.05) is 19.8 Å². The van der Waals surface area contributed by atoms with Crippen molar-refractivity contribution in [1.29, 1.82) is 0 Å². The van der Waals surface area contributed by atoms with Gasteiger partial charge in [-0.15, -0.1) is 0 Å². The lowest BCUT2D eigenvalue weighted by Gasteiger charge is -2.48. The Morgan fingerprint density at radius 1 is 0.870 bits per heavy atom. The second-order valence-corrected chi connectivity index (χ2v) is 11.3. The number of carbonyl (C=O) groups excluding carboxylic acids is 2. The second kappa shape index (κ2) is 15.8. The molecule has 0 aromatic carbocycles. The number of carbonyl (C=O) groups is 3. The Bertz CT molecular complexity index is 1050. The highest BCUT2D eigenvalue weighted by Gasteiger charge is 2.57. The summed E-state index contributed by atoms with van der Waals surface area (Å²) in [4.78, 5) is 35.7. The van der Waals surface area contributed by atoms with E-state index in [1.807, 2.05) is 0 Å². The number of hydrogen-bond acceptors (Lipinski definition) is 18. The minimum Gasteiger partial charge on any atom is -0.477 e. The molecule has 266 valence electrons. The Morgan fingerprint density at radius 2 is 1.48 bits per heavy atom. The van der Waals surface area contributed by atoms with E-state index in [1.165, 1.54) is 0 Å². The van der Waals surface area contributed by atoms with Gasteiger partial charge in [0.2, 0.25) is 11.8 Å². The molecule has 21 heteroatoms. The first kappa shape index (κ1) is 38.3. The van der Waals surface area contributed by atoms with E-state index < -0.39 is 142 Å². The summed E-state index contributed by atoms with van der Waals surface area (Å²) in [5, 5.41) is 117. The van der Waals surface area contributed by atoms with E-state index in [-0.39, 0.29) is 0 Å². The van der Waals surface area contributed by atoms with Gasteiger partial charge < -0.3 is 90.5 Å². The van der Waals surface area contributed by atoms with Crippen molar-refractivity contribution in [3.05, 3.63) is 0 Å². The van der Waals surface area contributed by atoms with Gasteiger partial charge in [0, 0.05) is 20.3 Å². The molecule has 3 rings (SSSR count). The molecule has 3 fully saturated rings. The standard InChI is InChI=1S/C25H42N2O19/c1-7(30)26-13-9(32)3-25(24(40)41,46-21(13)15(34)10(33)4-28)42-6-12-16(35)18(37)19(38)23(44-12)45-20-11(5-29)43-22(39)14(17(20)36)27-8(2)31/h9-23,28-29,32-39H,3-6H2,1-2H3,(H,26,30)(H,27,31)(H,40,41)/t9-,10+,11+,12+,13+,14+,15+,16-,17+,18-,19+,20+,21+,22+,23-,25-/m0/s1. The van der Waals surface area contributed by atoms with Gasteiger partial charge in [0.1, 0.15) is 67.1 Å². The molecule has 0 bridgehead atoms. The molecular weight excluding hydrogens is 632 g/mol. The molecule has 16 atom stereocenters. The van der Waals surface area contributed by atoms with Gasteiger partial charge in [-0.05, 0) is 0 Å². The Labute approximate surface area is 260 Å². The molecule has 3 aliphatic heterocycles. The van der Waals surface area contributed by atoms with Crippen LogP contribution in [0.15, 0.2) is 0 Å². The molecule has 3 aliphatic rings. The van der Waals surface area contributed by atoms with Crippen molar-refractivity contribution in [2.24, 2.45) is 0 Å². The average molecular weight is 675 g/mol. The number of rotatable bonds is 12. The number of aliphatic carboxylic acids is 1. The van der Waals surface area contributed by atoms with Gasteiger partial charge in [-0.25, -0.2) is 4.79 Å². The Hall–Kier alpha value is -2.19. The van der Waals surface area contributed by atoms with Crippen LogP contribution < -0.4 is 10.6 Å². The predicted octanol–water partition coefficient (Wildman–Crippen LogP) is -8.08. The summed E-state index contributed by atoms with van der Waals surface area (Å²) >= 11 is 0. The molecule has 0 aromatic rings. The van der Waals surface area contributed by atoms with Gasteiger partial charge in [0.25, 0.3) is 5.79 Å². The minimum atomic E-state index is -2.84. The van der Waals surface area contributed by atoms with E-state index in [9.17, 15) is 70.6 Å². The molecule has 0 saturated carbocycles.